The number of carbonyl (C=O) groups is 1. The normalized spacial score (nSPS) is 23.9. The van der Waals surface area contributed by atoms with E-state index in [1.54, 1.807) is 6.92 Å². The van der Waals surface area contributed by atoms with E-state index in [0.717, 1.165) is 13.1 Å². The van der Waals surface area contributed by atoms with Gasteiger partial charge in [-0.2, -0.15) is 0 Å². The molecule has 6 nitrogen and oxygen atoms in total. The average molecular weight is 371 g/mol. The minimum absolute atomic E-state index is 0.0280. The summed E-state index contributed by atoms with van der Waals surface area (Å²) in [5, 5.41) is 0. The van der Waals surface area contributed by atoms with Crippen molar-refractivity contribution in [3.8, 4) is 0 Å². The van der Waals surface area contributed by atoms with Crippen LogP contribution in [0.1, 0.15) is 55.4 Å². The fraction of sp³-hybridized carbons (Fsp3) is 0.950. The summed E-state index contributed by atoms with van der Waals surface area (Å²) in [5.74, 6) is -0.387. The topological polar surface area (TPSA) is 74.0 Å². The third-order valence-electron chi connectivity index (χ3n) is 6.30. The fourth-order valence-corrected chi connectivity index (χ4v) is 3.37. The van der Waals surface area contributed by atoms with Crippen LogP contribution in [-0.2, 0) is 19.0 Å². The molecule has 2 rings (SSSR count). The van der Waals surface area contributed by atoms with E-state index >= 15 is 0 Å². The molecule has 0 spiro atoms. The van der Waals surface area contributed by atoms with E-state index < -0.39 is 11.6 Å². The minimum atomic E-state index is -0.668. The Kier molecular flexibility index (Phi) is 5.85. The second-order valence-corrected chi connectivity index (χ2v) is 10.1. The van der Waals surface area contributed by atoms with Crippen LogP contribution in [0.4, 0.5) is 0 Å². The molecule has 0 radical (unpaired) electrons. The molecule has 0 aromatic heterocycles. The van der Waals surface area contributed by atoms with Crippen molar-refractivity contribution in [3.63, 3.8) is 0 Å². The number of nitrogens with zero attached hydrogens (tertiary/aromatic N) is 1. The molecule has 0 unspecified atom stereocenters. The van der Waals surface area contributed by atoms with Gasteiger partial charge in [-0.3, -0.25) is 9.69 Å². The summed E-state index contributed by atoms with van der Waals surface area (Å²) in [6.07, 6.45) is 0. The van der Waals surface area contributed by atoms with Crippen LogP contribution in [0.3, 0.4) is 0 Å². The van der Waals surface area contributed by atoms with Crippen LogP contribution in [-0.4, -0.2) is 67.1 Å². The zero-order chi connectivity index (χ0) is 20.0. The number of carbonyl (C=O) groups excluding carboxylic acids is 1. The quantitative estimate of drug-likeness (QED) is 0.693. The average Bonchev–Trinajstić information content (AvgIpc) is 2.38. The van der Waals surface area contributed by atoms with Gasteiger partial charge in [0.1, 0.15) is 6.04 Å². The van der Waals surface area contributed by atoms with Crippen molar-refractivity contribution in [1.82, 2.24) is 4.90 Å². The Morgan fingerprint density at radius 3 is 2.00 bits per heavy atom. The molecule has 2 N–H and O–H groups in total. The molecular weight excluding hydrogens is 332 g/mol. The summed E-state index contributed by atoms with van der Waals surface area (Å²) < 4.78 is 17.8. The fourth-order valence-electron chi connectivity index (χ4n) is 3.37. The minimum Gasteiger partial charge on any atom is -0.452 e. The Balaban J connectivity index is 2.09. The molecule has 2 aliphatic heterocycles. The Morgan fingerprint density at radius 2 is 1.65 bits per heavy atom. The van der Waals surface area contributed by atoms with E-state index in [-0.39, 0.29) is 22.4 Å². The van der Waals surface area contributed by atoms with Crippen molar-refractivity contribution in [1.29, 1.82) is 0 Å². The SMILES string of the molecule is CC(C)N1CC(OCC(C)(C)C2(OC(=O)[C@H](C)N)COC2)(C(C)(C)C)C1. The van der Waals surface area contributed by atoms with Crippen LogP contribution in [0.5, 0.6) is 0 Å². The molecule has 26 heavy (non-hydrogen) atoms. The lowest BCUT2D eigenvalue weighted by atomic mass is 9.69. The van der Waals surface area contributed by atoms with Crippen LogP contribution in [0.15, 0.2) is 0 Å². The van der Waals surface area contributed by atoms with Gasteiger partial charge in [0.2, 0.25) is 0 Å². The van der Waals surface area contributed by atoms with Gasteiger partial charge in [-0.15, -0.1) is 0 Å². The standard InChI is InChI=1S/C20H38N2O4/c1-14(2)22-9-19(10-22,17(4,5)6)25-11-18(7,8)20(12-24-13-20)26-16(23)15(3)21/h14-15H,9-13,21H2,1-8H3/t15-/m0/s1. The largest absolute Gasteiger partial charge is 0.452 e. The molecule has 152 valence electrons. The molecule has 0 saturated carbocycles. The maximum Gasteiger partial charge on any atom is 0.323 e. The van der Waals surface area contributed by atoms with Crippen molar-refractivity contribution in [2.75, 3.05) is 32.9 Å². The van der Waals surface area contributed by atoms with Gasteiger partial charge in [0.05, 0.1) is 25.4 Å². The first-order chi connectivity index (χ1) is 11.8. The molecule has 2 fully saturated rings. The molecule has 6 heteroatoms. The first-order valence-electron chi connectivity index (χ1n) is 9.70. The lowest BCUT2D eigenvalue weighted by molar-refractivity contribution is -0.281. The molecular formula is C20H38N2O4. The molecule has 0 aromatic rings. The van der Waals surface area contributed by atoms with Gasteiger partial charge in [0, 0.05) is 24.5 Å². The zero-order valence-electron chi connectivity index (χ0n) is 17.8. The van der Waals surface area contributed by atoms with Crippen LogP contribution >= 0.6 is 0 Å². The zero-order valence-corrected chi connectivity index (χ0v) is 17.8. The summed E-state index contributed by atoms with van der Waals surface area (Å²) in [6.45, 7) is 20.1. The van der Waals surface area contributed by atoms with Gasteiger partial charge in [0.15, 0.2) is 5.60 Å². The van der Waals surface area contributed by atoms with Gasteiger partial charge >= 0.3 is 5.97 Å². The Bertz CT molecular complexity index is 512. The first kappa shape index (κ1) is 21.6. The van der Waals surface area contributed by atoms with Gasteiger partial charge < -0.3 is 19.9 Å². The predicted molar refractivity (Wildman–Crippen MR) is 102 cm³/mol. The van der Waals surface area contributed by atoms with Crippen LogP contribution in [0.2, 0.25) is 0 Å². The van der Waals surface area contributed by atoms with Crippen molar-refractivity contribution in [2.24, 2.45) is 16.6 Å². The molecule has 2 heterocycles. The van der Waals surface area contributed by atoms with Gasteiger partial charge in [-0.05, 0) is 26.2 Å². The monoisotopic (exact) mass is 370 g/mol. The highest BCUT2D eigenvalue weighted by atomic mass is 16.6. The molecule has 0 aliphatic carbocycles. The number of hydrogen-bond acceptors (Lipinski definition) is 6. The second kappa shape index (κ2) is 7.04. The number of esters is 1. The van der Waals surface area contributed by atoms with Crippen molar-refractivity contribution in [3.05, 3.63) is 0 Å². The third-order valence-corrected chi connectivity index (χ3v) is 6.30. The maximum atomic E-state index is 12.1. The second-order valence-electron chi connectivity index (χ2n) is 10.1. The number of rotatable bonds is 7. The summed E-state index contributed by atoms with van der Waals surface area (Å²) in [6, 6.07) is -0.128. The number of hydrogen-bond donors (Lipinski definition) is 1. The van der Waals surface area contributed by atoms with Crippen LogP contribution in [0, 0.1) is 10.8 Å². The molecule has 0 amide bonds. The Labute approximate surface area is 158 Å². The number of ether oxygens (including phenoxy) is 3. The van der Waals surface area contributed by atoms with E-state index in [1.807, 2.05) is 0 Å². The smallest absolute Gasteiger partial charge is 0.323 e. The van der Waals surface area contributed by atoms with Gasteiger partial charge in [0.25, 0.3) is 0 Å². The lowest BCUT2D eigenvalue weighted by Gasteiger charge is -2.59. The third kappa shape index (κ3) is 3.79. The lowest BCUT2D eigenvalue weighted by Crippen LogP contribution is -2.72. The van der Waals surface area contributed by atoms with E-state index in [1.165, 1.54) is 0 Å². The van der Waals surface area contributed by atoms with Gasteiger partial charge in [-0.25, -0.2) is 0 Å². The summed E-state index contributed by atoms with van der Waals surface area (Å²) in [5.41, 5.74) is 4.49. The van der Waals surface area contributed by atoms with Gasteiger partial charge in [-0.1, -0.05) is 34.6 Å². The summed E-state index contributed by atoms with van der Waals surface area (Å²) in [7, 11) is 0. The van der Waals surface area contributed by atoms with E-state index in [0.29, 0.717) is 25.9 Å². The molecule has 1 atom stereocenters. The summed E-state index contributed by atoms with van der Waals surface area (Å²) >= 11 is 0. The molecule has 0 bridgehead atoms. The summed E-state index contributed by atoms with van der Waals surface area (Å²) in [4.78, 5) is 14.5. The van der Waals surface area contributed by atoms with E-state index in [2.05, 4.69) is 53.4 Å². The highest BCUT2D eigenvalue weighted by Crippen LogP contribution is 2.46. The highest BCUT2D eigenvalue weighted by molar-refractivity contribution is 5.75. The Morgan fingerprint density at radius 1 is 1.12 bits per heavy atom. The molecule has 2 saturated heterocycles. The predicted octanol–water partition coefficient (Wildman–Crippen LogP) is 2.20. The Hall–Kier alpha value is -0.690. The van der Waals surface area contributed by atoms with Crippen molar-refractivity contribution in [2.45, 2.75) is 78.7 Å². The van der Waals surface area contributed by atoms with E-state index in [4.69, 9.17) is 19.9 Å². The maximum absolute atomic E-state index is 12.1. The molecule has 0 aromatic carbocycles. The number of likely N-dealkylation sites (tertiary alicyclic amines) is 1. The van der Waals surface area contributed by atoms with Crippen molar-refractivity contribution >= 4 is 5.97 Å². The number of nitrogens with two attached hydrogens (primary N) is 1. The first-order valence-corrected chi connectivity index (χ1v) is 9.70. The van der Waals surface area contributed by atoms with Crippen LogP contribution < -0.4 is 5.73 Å². The molecule has 2 aliphatic rings. The van der Waals surface area contributed by atoms with Crippen LogP contribution in [0.25, 0.3) is 0 Å². The highest BCUT2D eigenvalue weighted by Gasteiger charge is 2.58. The van der Waals surface area contributed by atoms with E-state index in [9.17, 15) is 4.79 Å². The van der Waals surface area contributed by atoms with Crippen molar-refractivity contribution < 1.29 is 19.0 Å².